The molecule has 0 heterocycles. The lowest BCUT2D eigenvalue weighted by Crippen LogP contribution is -2.14. The van der Waals surface area contributed by atoms with Gasteiger partial charge in [0.1, 0.15) is 0 Å². The second-order valence-electron chi connectivity index (χ2n) is 3.82. The van der Waals surface area contributed by atoms with Crippen molar-refractivity contribution in [2.75, 3.05) is 0 Å². The number of sulfonamides is 1. The quantitative estimate of drug-likeness (QED) is 0.690. The normalized spacial score (nSPS) is 11.2. The minimum absolute atomic E-state index is 0.229. The van der Waals surface area contributed by atoms with Crippen molar-refractivity contribution in [1.82, 2.24) is 0 Å². The molecule has 0 unspecified atom stereocenters. The Bertz CT molecular complexity index is 745. The summed E-state index contributed by atoms with van der Waals surface area (Å²) in [5, 5.41) is 16.2. The topological polar surface area (TPSA) is 103 Å². The third kappa shape index (κ3) is 3.16. The number of nitro benzene ring substituents is 1. The van der Waals surface area contributed by atoms with Crippen molar-refractivity contribution < 1.29 is 13.3 Å². The molecule has 2 aromatic rings. The second kappa shape index (κ2) is 5.61. The van der Waals surface area contributed by atoms with Crippen molar-refractivity contribution in [3.63, 3.8) is 0 Å². The summed E-state index contributed by atoms with van der Waals surface area (Å²) in [5.41, 5.74) is -0.496. The Labute approximate surface area is 119 Å². The van der Waals surface area contributed by atoms with Gasteiger partial charge in [-0.3, -0.25) is 10.1 Å². The average molecular weight is 310 g/mol. The first kappa shape index (κ1) is 14.5. The van der Waals surface area contributed by atoms with Crippen LogP contribution in [0.3, 0.4) is 0 Å². The zero-order chi connectivity index (χ0) is 14.8. The van der Waals surface area contributed by atoms with Crippen LogP contribution in [0.25, 0.3) is 0 Å². The molecule has 6 nitrogen and oxygen atoms in total. The van der Waals surface area contributed by atoms with Gasteiger partial charge in [0, 0.05) is 4.90 Å². The van der Waals surface area contributed by atoms with Crippen molar-refractivity contribution in [2.24, 2.45) is 5.14 Å². The van der Waals surface area contributed by atoms with E-state index in [0.717, 1.165) is 22.7 Å². The predicted octanol–water partition coefficient (Wildman–Crippen LogP) is 2.39. The fourth-order valence-electron chi connectivity index (χ4n) is 1.61. The van der Waals surface area contributed by atoms with Gasteiger partial charge in [0.25, 0.3) is 0 Å². The van der Waals surface area contributed by atoms with Gasteiger partial charge in [0.15, 0.2) is 4.90 Å². The van der Waals surface area contributed by atoms with E-state index in [0.29, 0.717) is 0 Å². The van der Waals surface area contributed by atoms with Crippen LogP contribution in [0.15, 0.2) is 63.2 Å². The number of nitro groups is 1. The number of primary sulfonamides is 1. The summed E-state index contributed by atoms with van der Waals surface area (Å²) in [6, 6.07) is 13.0. The third-order valence-electron chi connectivity index (χ3n) is 2.42. The lowest BCUT2D eigenvalue weighted by Gasteiger charge is -2.06. The number of benzene rings is 2. The van der Waals surface area contributed by atoms with Crippen LogP contribution in [0.2, 0.25) is 0 Å². The van der Waals surface area contributed by atoms with E-state index in [9.17, 15) is 18.5 Å². The molecule has 0 radical (unpaired) electrons. The van der Waals surface area contributed by atoms with Gasteiger partial charge in [-0.05, 0) is 24.3 Å². The Balaban J connectivity index is 2.57. The number of hydrogen-bond donors (Lipinski definition) is 1. The van der Waals surface area contributed by atoms with Crippen LogP contribution < -0.4 is 5.14 Å². The SMILES string of the molecule is NS(=O)(=O)c1cccc(Sc2ccccc2)c1[N+](=O)[O-]. The first-order valence-electron chi connectivity index (χ1n) is 5.42. The zero-order valence-corrected chi connectivity index (χ0v) is 11.7. The molecule has 0 aromatic heterocycles. The van der Waals surface area contributed by atoms with Crippen molar-refractivity contribution in [1.29, 1.82) is 0 Å². The molecule has 0 amide bonds. The van der Waals surface area contributed by atoms with Crippen LogP contribution in [0.1, 0.15) is 0 Å². The summed E-state index contributed by atoms with van der Waals surface area (Å²) in [4.78, 5) is 10.9. The molecule has 0 aliphatic rings. The van der Waals surface area contributed by atoms with Crippen molar-refractivity contribution >= 4 is 27.5 Å². The molecular weight excluding hydrogens is 300 g/mol. The Kier molecular flexibility index (Phi) is 4.07. The minimum atomic E-state index is -4.15. The lowest BCUT2D eigenvalue weighted by atomic mass is 10.3. The smallest absolute Gasteiger partial charge is 0.258 e. The highest BCUT2D eigenvalue weighted by Gasteiger charge is 2.26. The van der Waals surface area contributed by atoms with E-state index >= 15 is 0 Å². The first-order chi connectivity index (χ1) is 9.39. The highest BCUT2D eigenvalue weighted by molar-refractivity contribution is 7.99. The van der Waals surface area contributed by atoms with E-state index in [4.69, 9.17) is 5.14 Å². The molecule has 0 fully saturated rings. The molecule has 0 aliphatic heterocycles. The van der Waals surface area contributed by atoms with E-state index in [1.54, 1.807) is 24.3 Å². The average Bonchev–Trinajstić information content (AvgIpc) is 2.38. The molecule has 0 spiro atoms. The molecular formula is C12H10N2O4S2. The van der Waals surface area contributed by atoms with Crippen LogP contribution >= 0.6 is 11.8 Å². The van der Waals surface area contributed by atoms with Crippen molar-refractivity contribution in [2.45, 2.75) is 14.7 Å². The minimum Gasteiger partial charge on any atom is -0.258 e. The molecule has 2 aromatic carbocycles. The summed E-state index contributed by atoms with van der Waals surface area (Å²) < 4.78 is 22.9. The van der Waals surface area contributed by atoms with E-state index < -0.39 is 25.5 Å². The Morgan fingerprint density at radius 1 is 1.05 bits per heavy atom. The van der Waals surface area contributed by atoms with Gasteiger partial charge in [0.05, 0.1) is 9.82 Å². The van der Waals surface area contributed by atoms with Gasteiger partial charge < -0.3 is 0 Å². The third-order valence-corrected chi connectivity index (χ3v) is 4.42. The number of hydrogen-bond acceptors (Lipinski definition) is 5. The van der Waals surface area contributed by atoms with Gasteiger partial charge in [0.2, 0.25) is 10.0 Å². The van der Waals surface area contributed by atoms with E-state index in [2.05, 4.69) is 0 Å². The second-order valence-corrected chi connectivity index (χ2v) is 6.47. The maximum absolute atomic E-state index is 11.4. The maximum atomic E-state index is 11.4. The van der Waals surface area contributed by atoms with Gasteiger partial charge in [-0.1, -0.05) is 36.0 Å². The van der Waals surface area contributed by atoms with Crippen molar-refractivity contribution in [3.05, 3.63) is 58.6 Å². The molecule has 2 rings (SSSR count). The zero-order valence-electron chi connectivity index (χ0n) is 10.1. The predicted molar refractivity (Wildman–Crippen MR) is 75.0 cm³/mol. The number of nitrogens with two attached hydrogens (primary N) is 1. The van der Waals surface area contributed by atoms with Crippen LogP contribution in [0.4, 0.5) is 5.69 Å². The van der Waals surface area contributed by atoms with Gasteiger partial charge >= 0.3 is 5.69 Å². The van der Waals surface area contributed by atoms with Crippen molar-refractivity contribution in [3.8, 4) is 0 Å². The highest BCUT2D eigenvalue weighted by atomic mass is 32.2. The number of para-hydroxylation sites is 1. The number of nitrogens with zero attached hydrogens (tertiary/aromatic N) is 1. The molecule has 0 saturated carbocycles. The molecule has 0 saturated heterocycles. The van der Waals surface area contributed by atoms with Gasteiger partial charge in [-0.15, -0.1) is 0 Å². The standard InChI is InChI=1S/C12H10N2O4S2/c13-20(17,18)11-8-4-7-10(12(11)14(15)16)19-9-5-2-1-3-6-9/h1-8H,(H2,13,17,18). The fraction of sp³-hybridized carbons (Fsp3) is 0. The van der Waals surface area contributed by atoms with Gasteiger partial charge in [-0.25, -0.2) is 13.6 Å². The molecule has 0 bridgehead atoms. The Morgan fingerprint density at radius 2 is 1.70 bits per heavy atom. The molecule has 104 valence electrons. The molecule has 0 atom stereocenters. The van der Waals surface area contributed by atoms with Crippen LogP contribution in [0.5, 0.6) is 0 Å². The summed E-state index contributed by atoms with van der Waals surface area (Å²) in [7, 11) is -4.15. The maximum Gasteiger partial charge on any atom is 0.303 e. The van der Waals surface area contributed by atoms with E-state index in [-0.39, 0.29) is 4.90 Å². The highest BCUT2D eigenvalue weighted by Crippen LogP contribution is 2.38. The summed E-state index contributed by atoms with van der Waals surface area (Å²) in [5.74, 6) is 0. The monoisotopic (exact) mass is 310 g/mol. The Morgan fingerprint density at radius 3 is 2.25 bits per heavy atom. The van der Waals surface area contributed by atoms with Gasteiger partial charge in [-0.2, -0.15) is 0 Å². The first-order valence-corrected chi connectivity index (χ1v) is 7.79. The summed E-state index contributed by atoms with van der Waals surface area (Å²) >= 11 is 1.11. The van der Waals surface area contributed by atoms with Crippen LogP contribution in [-0.4, -0.2) is 13.3 Å². The molecule has 2 N–H and O–H groups in total. The molecule has 0 aliphatic carbocycles. The molecule has 8 heteroatoms. The van der Waals surface area contributed by atoms with Crippen LogP contribution in [0, 0.1) is 10.1 Å². The summed E-state index contributed by atoms with van der Waals surface area (Å²) in [6.45, 7) is 0. The van der Waals surface area contributed by atoms with E-state index in [1.807, 2.05) is 6.07 Å². The molecule has 20 heavy (non-hydrogen) atoms. The van der Waals surface area contributed by atoms with E-state index in [1.165, 1.54) is 12.1 Å². The Hall–Kier alpha value is -1.90. The van der Waals surface area contributed by atoms with Crippen LogP contribution in [-0.2, 0) is 10.0 Å². The lowest BCUT2D eigenvalue weighted by molar-refractivity contribution is -0.390. The summed E-state index contributed by atoms with van der Waals surface area (Å²) in [6.07, 6.45) is 0. The largest absolute Gasteiger partial charge is 0.303 e. The fourth-order valence-corrected chi connectivity index (χ4v) is 3.37. The number of rotatable bonds is 4.